The van der Waals surface area contributed by atoms with Crippen LogP contribution in [0.25, 0.3) is 0 Å². The first-order valence-corrected chi connectivity index (χ1v) is 7.44. The van der Waals surface area contributed by atoms with E-state index in [2.05, 4.69) is 5.32 Å². The molecule has 1 saturated heterocycles. The van der Waals surface area contributed by atoms with Gasteiger partial charge in [0.25, 0.3) is 0 Å². The average molecular weight is 279 g/mol. The second-order valence-corrected chi connectivity index (χ2v) is 5.27. The SMILES string of the molecule is COc1ccc(C(O)CNCCC2CCCCO2)cc1. The Morgan fingerprint density at radius 2 is 2.15 bits per heavy atom. The molecule has 4 heteroatoms. The van der Waals surface area contributed by atoms with Crippen LogP contribution in [-0.2, 0) is 4.74 Å². The van der Waals surface area contributed by atoms with Crippen LogP contribution in [-0.4, -0.2) is 38.0 Å². The third-order valence-corrected chi connectivity index (χ3v) is 3.76. The highest BCUT2D eigenvalue weighted by atomic mass is 16.5. The topological polar surface area (TPSA) is 50.7 Å². The van der Waals surface area contributed by atoms with E-state index in [0.29, 0.717) is 12.6 Å². The summed E-state index contributed by atoms with van der Waals surface area (Å²) in [5, 5.41) is 13.4. The van der Waals surface area contributed by atoms with Gasteiger partial charge in [0.15, 0.2) is 0 Å². The van der Waals surface area contributed by atoms with Gasteiger partial charge in [-0.1, -0.05) is 12.1 Å². The lowest BCUT2D eigenvalue weighted by atomic mass is 10.1. The zero-order chi connectivity index (χ0) is 14.2. The fourth-order valence-corrected chi connectivity index (χ4v) is 2.48. The number of aliphatic hydroxyl groups excluding tert-OH is 1. The predicted octanol–water partition coefficient (Wildman–Crippen LogP) is 2.28. The number of hydrogen-bond acceptors (Lipinski definition) is 4. The summed E-state index contributed by atoms with van der Waals surface area (Å²) in [5.41, 5.74) is 0.909. The van der Waals surface area contributed by atoms with E-state index in [1.165, 1.54) is 19.3 Å². The Labute approximate surface area is 121 Å². The molecule has 1 heterocycles. The van der Waals surface area contributed by atoms with Crippen LogP contribution < -0.4 is 10.1 Å². The van der Waals surface area contributed by atoms with E-state index < -0.39 is 6.10 Å². The Balaban J connectivity index is 1.64. The predicted molar refractivity (Wildman–Crippen MR) is 79.0 cm³/mol. The Bertz CT molecular complexity index is 374. The Morgan fingerprint density at radius 1 is 1.35 bits per heavy atom. The van der Waals surface area contributed by atoms with E-state index in [1.807, 2.05) is 24.3 Å². The maximum absolute atomic E-state index is 10.1. The van der Waals surface area contributed by atoms with Gasteiger partial charge >= 0.3 is 0 Å². The van der Waals surface area contributed by atoms with E-state index in [4.69, 9.17) is 9.47 Å². The second kappa shape index (κ2) is 8.25. The van der Waals surface area contributed by atoms with Crippen molar-refractivity contribution in [2.75, 3.05) is 26.8 Å². The molecule has 0 spiro atoms. The molecule has 0 aliphatic carbocycles. The van der Waals surface area contributed by atoms with Gasteiger partial charge in [0.2, 0.25) is 0 Å². The molecule has 0 amide bonds. The molecule has 4 nitrogen and oxygen atoms in total. The molecule has 1 aromatic rings. The fraction of sp³-hybridized carbons (Fsp3) is 0.625. The zero-order valence-electron chi connectivity index (χ0n) is 12.2. The number of rotatable bonds is 7. The van der Waals surface area contributed by atoms with Crippen molar-refractivity contribution >= 4 is 0 Å². The van der Waals surface area contributed by atoms with Crippen LogP contribution in [0.15, 0.2) is 24.3 Å². The lowest BCUT2D eigenvalue weighted by Gasteiger charge is -2.22. The maximum Gasteiger partial charge on any atom is 0.118 e. The van der Waals surface area contributed by atoms with Crippen molar-refractivity contribution in [3.05, 3.63) is 29.8 Å². The summed E-state index contributed by atoms with van der Waals surface area (Å²) in [6.07, 6.45) is 4.58. The number of nitrogens with one attached hydrogen (secondary N) is 1. The van der Waals surface area contributed by atoms with Gasteiger partial charge in [0, 0.05) is 13.2 Å². The molecule has 0 radical (unpaired) electrons. The van der Waals surface area contributed by atoms with Gasteiger partial charge in [-0.15, -0.1) is 0 Å². The molecule has 2 rings (SSSR count). The van der Waals surface area contributed by atoms with Crippen molar-refractivity contribution in [1.82, 2.24) is 5.32 Å². The molecule has 0 aromatic heterocycles. The normalized spacial score (nSPS) is 20.6. The van der Waals surface area contributed by atoms with Crippen LogP contribution in [0, 0.1) is 0 Å². The van der Waals surface area contributed by atoms with Crippen molar-refractivity contribution < 1.29 is 14.6 Å². The molecule has 1 fully saturated rings. The van der Waals surface area contributed by atoms with Gasteiger partial charge in [-0.25, -0.2) is 0 Å². The molecular weight excluding hydrogens is 254 g/mol. The molecule has 2 unspecified atom stereocenters. The Hall–Kier alpha value is -1.10. The maximum atomic E-state index is 10.1. The quantitative estimate of drug-likeness (QED) is 0.752. The minimum Gasteiger partial charge on any atom is -0.497 e. The summed E-state index contributed by atoms with van der Waals surface area (Å²) in [7, 11) is 1.64. The number of methoxy groups -OCH3 is 1. The first-order valence-electron chi connectivity index (χ1n) is 7.44. The van der Waals surface area contributed by atoms with Crippen LogP contribution in [0.2, 0.25) is 0 Å². The van der Waals surface area contributed by atoms with Crippen LogP contribution >= 0.6 is 0 Å². The molecule has 20 heavy (non-hydrogen) atoms. The fourth-order valence-electron chi connectivity index (χ4n) is 2.48. The Kier molecular flexibility index (Phi) is 6.30. The molecule has 0 saturated carbocycles. The molecule has 2 atom stereocenters. The summed E-state index contributed by atoms with van der Waals surface area (Å²) in [5.74, 6) is 0.809. The van der Waals surface area contributed by atoms with Crippen LogP contribution in [0.3, 0.4) is 0 Å². The highest BCUT2D eigenvalue weighted by Gasteiger charge is 2.13. The van der Waals surface area contributed by atoms with E-state index in [9.17, 15) is 5.11 Å². The lowest BCUT2D eigenvalue weighted by Crippen LogP contribution is -2.28. The van der Waals surface area contributed by atoms with Crippen molar-refractivity contribution in [2.45, 2.75) is 37.9 Å². The summed E-state index contributed by atoms with van der Waals surface area (Å²) in [6.45, 7) is 2.36. The summed E-state index contributed by atoms with van der Waals surface area (Å²) in [4.78, 5) is 0. The summed E-state index contributed by atoms with van der Waals surface area (Å²) in [6, 6.07) is 7.54. The van der Waals surface area contributed by atoms with Gasteiger partial charge in [-0.05, 0) is 49.9 Å². The molecule has 1 aliphatic heterocycles. The molecular formula is C16H25NO3. The van der Waals surface area contributed by atoms with Crippen molar-refractivity contribution in [3.63, 3.8) is 0 Å². The van der Waals surface area contributed by atoms with Crippen molar-refractivity contribution in [2.24, 2.45) is 0 Å². The van der Waals surface area contributed by atoms with Crippen LogP contribution in [0.5, 0.6) is 5.75 Å². The van der Waals surface area contributed by atoms with Crippen molar-refractivity contribution in [3.8, 4) is 5.75 Å². The highest BCUT2D eigenvalue weighted by molar-refractivity contribution is 5.28. The van der Waals surface area contributed by atoms with Gasteiger partial charge < -0.3 is 19.9 Å². The molecule has 112 valence electrons. The first-order chi connectivity index (χ1) is 9.79. The zero-order valence-corrected chi connectivity index (χ0v) is 12.2. The average Bonchev–Trinajstić information content (AvgIpc) is 2.52. The second-order valence-electron chi connectivity index (χ2n) is 5.27. The minimum atomic E-state index is -0.479. The highest BCUT2D eigenvalue weighted by Crippen LogP contribution is 2.17. The van der Waals surface area contributed by atoms with E-state index in [0.717, 1.165) is 30.9 Å². The molecule has 2 N–H and O–H groups in total. The van der Waals surface area contributed by atoms with Crippen LogP contribution in [0.1, 0.15) is 37.4 Å². The van der Waals surface area contributed by atoms with E-state index in [-0.39, 0.29) is 0 Å². The summed E-state index contributed by atoms with van der Waals surface area (Å²) < 4.78 is 10.8. The third-order valence-electron chi connectivity index (χ3n) is 3.76. The van der Waals surface area contributed by atoms with Crippen molar-refractivity contribution in [1.29, 1.82) is 0 Å². The summed E-state index contributed by atoms with van der Waals surface area (Å²) >= 11 is 0. The monoisotopic (exact) mass is 279 g/mol. The number of hydrogen-bond donors (Lipinski definition) is 2. The van der Waals surface area contributed by atoms with E-state index >= 15 is 0 Å². The molecule has 1 aliphatic rings. The van der Waals surface area contributed by atoms with Crippen LogP contribution in [0.4, 0.5) is 0 Å². The first kappa shape index (κ1) is 15.3. The Morgan fingerprint density at radius 3 is 2.80 bits per heavy atom. The third kappa shape index (κ3) is 4.78. The smallest absolute Gasteiger partial charge is 0.118 e. The van der Waals surface area contributed by atoms with Gasteiger partial charge in [-0.3, -0.25) is 0 Å². The number of benzene rings is 1. The number of ether oxygens (including phenoxy) is 2. The van der Waals surface area contributed by atoms with Gasteiger partial charge in [-0.2, -0.15) is 0 Å². The lowest BCUT2D eigenvalue weighted by molar-refractivity contribution is 0.0111. The van der Waals surface area contributed by atoms with Gasteiger partial charge in [0.1, 0.15) is 5.75 Å². The number of aliphatic hydroxyl groups is 1. The largest absolute Gasteiger partial charge is 0.497 e. The standard InChI is InChI=1S/C16H25NO3/c1-19-14-7-5-13(6-8-14)16(18)12-17-10-9-15-4-2-3-11-20-15/h5-8,15-18H,2-4,9-12H2,1H3. The van der Waals surface area contributed by atoms with Gasteiger partial charge in [0.05, 0.1) is 19.3 Å². The minimum absolute atomic E-state index is 0.398. The molecule has 1 aromatic carbocycles. The molecule has 0 bridgehead atoms. The van der Waals surface area contributed by atoms with E-state index in [1.54, 1.807) is 7.11 Å².